The maximum Gasteiger partial charge on any atom is 0.137 e. The monoisotopic (exact) mass is 225 g/mol. The molecule has 86 valence electrons. The molecule has 0 amide bonds. The largest absolute Gasteiger partial charge is 0.316 e. The van der Waals surface area contributed by atoms with Crippen LogP contribution in [0.1, 0.15) is 12.0 Å². The van der Waals surface area contributed by atoms with E-state index in [1.165, 1.54) is 24.1 Å². The number of nitrogens with zero attached hydrogens (tertiary/aromatic N) is 2. The first-order valence-corrected chi connectivity index (χ1v) is 6.25. The normalized spacial score (nSPS) is 27.4. The van der Waals surface area contributed by atoms with Crippen molar-refractivity contribution in [2.45, 2.75) is 6.42 Å². The van der Waals surface area contributed by atoms with Crippen molar-refractivity contribution in [1.82, 2.24) is 14.7 Å². The fraction of sp³-hybridized carbons (Fsp3) is 0.357. The molecule has 1 fully saturated rings. The lowest BCUT2D eigenvalue weighted by Gasteiger charge is -2.06. The highest BCUT2D eigenvalue weighted by molar-refractivity contribution is 5.70. The zero-order valence-corrected chi connectivity index (χ0v) is 9.63. The second-order valence-corrected chi connectivity index (χ2v) is 5.09. The van der Waals surface area contributed by atoms with Crippen LogP contribution in [0.3, 0.4) is 0 Å². The predicted molar refractivity (Wildman–Crippen MR) is 67.6 cm³/mol. The zero-order chi connectivity index (χ0) is 11.2. The number of rotatable bonds is 1. The van der Waals surface area contributed by atoms with E-state index in [0.29, 0.717) is 0 Å². The topological polar surface area (TPSA) is 29.3 Å². The number of hydrogen-bond donors (Lipinski definition) is 1. The molecule has 0 spiro atoms. The van der Waals surface area contributed by atoms with Gasteiger partial charge in [0.15, 0.2) is 0 Å². The van der Waals surface area contributed by atoms with Gasteiger partial charge in [-0.15, -0.1) is 0 Å². The SMILES string of the molecule is C1=C(c2ccn3ccnc3c2)CC2CNCC12. The summed E-state index contributed by atoms with van der Waals surface area (Å²) in [6.07, 6.45) is 9.61. The van der Waals surface area contributed by atoms with E-state index in [-0.39, 0.29) is 0 Å². The van der Waals surface area contributed by atoms with Gasteiger partial charge in [0, 0.05) is 25.1 Å². The zero-order valence-electron chi connectivity index (χ0n) is 9.63. The second-order valence-electron chi connectivity index (χ2n) is 5.09. The van der Waals surface area contributed by atoms with E-state index in [9.17, 15) is 0 Å². The molecular formula is C14H15N3. The van der Waals surface area contributed by atoms with Gasteiger partial charge in [0.1, 0.15) is 5.65 Å². The summed E-state index contributed by atoms with van der Waals surface area (Å²) in [5.74, 6) is 1.57. The molecule has 2 aromatic rings. The molecule has 2 atom stereocenters. The second kappa shape index (κ2) is 3.44. The van der Waals surface area contributed by atoms with Crippen molar-refractivity contribution in [2.24, 2.45) is 11.8 Å². The van der Waals surface area contributed by atoms with Gasteiger partial charge in [-0.25, -0.2) is 4.98 Å². The van der Waals surface area contributed by atoms with Gasteiger partial charge in [0.05, 0.1) is 0 Å². The standard InChI is InChI=1S/C14H15N3/c1-3-17-4-2-16-14(17)7-10(1)11-5-12-8-15-9-13(12)6-11/h1-5,7,12-13,15H,6,8-9H2. The van der Waals surface area contributed by atoms with Crippen LogP contribution in [0.15, 0.2) is 36.8 Å². The van der Waals surface area contributed by atoms with Crippen LogP contribution < -0.4 is 5.32 Å². The molecule has 3 heterocycles. The summed E-state index contributed by atoms with van der Waals surface area (Å²) < 4.78 is 2.06. The Bertz CT molecular complexity index is 596. The molecule has 3 heteroatoms. The van der Waals surface area contributed by atoms with Crippen LogP contribution in [0, 0.1) is 11.8 Å². The molecule has 17 heavy (non-hydrogen) atoms. The fourth-order valence-electron chi connectivity index (χ4n) is 3.10. The van der Waals surface area contributed by atoms with E-state index in [1.807, 2.05) is 12.4 Å². The number of imidazole rings is 1. The summed E-state index contributed by atoms with van der Waals surface area (Å²) in [7, 11) is 0. The molecule has 2 aromatic heterocycles. The number of hydrogen-bond acceptors (Lipinski definition) is 2. The Hall–Kier alpha value is -1.61. The molecule has 0 radical (unpaired) electrons. The molecule has 1 aliphatic carbocycles. The van der Waals surface area contributed by atoms with Crippen molar-refractivity contribution in [3.63, 3.8) is 0 Å². The van der Waals surface area contributed by atoms with E-state index in [1.54, 1.807) is 0 Å². The van der Waals surface area contributed by atoms with E-state index >= 15 is 0 Å². The molecule has 1 aliphatic heterocycles. The lowest BCUT2D eigenvalue weighted by molar-refractivity contribution is 0.536. The minimum Gasteiger partial charge on any atom is -0.316 e. The summed E-state index contributed by atoms with van der Waals surface area (Å²) in [5, 5.41) is 3.46. The Labute approximate surface area is 100 Å². The van der Waals surface area contributed by atoms with E-state index in [2.05, 4.69) is 39.1 Å². The maximum absolute atomic E-state index is 4.35. The third-order valence-corrected chi connectivity index (χ3v) is 4.06. The number of aromatic nitrogens is 2. The predicted octanol–water partition coefficient (Wildman–Crippen LogP) is 1.96. The van der Waals surface area contributed by atoms with Crippen LogP contribution in [0.5, 0.6) is 0 Å². The lowest BCUT2D eigenvalue weighted by Crippen LogP contribution is -2.09. The Morgan fingerprint density at radius 2 is 2.29 bits per heavy atom. The third-order valence-electron chi connectivity index (χ3n) is 4.06. The average Bonchev–Trinajstić information content (AvgIpc) is 3.02. The average molecular weight is 225 g/mol. The van der Waals surface area contributed by atoms with Crippen LogP contribution in [0.2, 0.25) is 0 Å². The van der Waals surface area contributed by atoms with Crippen LogP contribution in [-0.4, -0.2) is 22.5 Å². The van der Waals surface area contributed by atoms with Gasteiger partial charge in [-0.05, 0) is 48.1 Å². The van der Waals surface area contributed by atoms with Crippen molar-refractivity contribution < 1.29 is 0 Å². The van der Waals surface area contributed by atoms with Gasteiger partial charge in [-0.1, -0.05) is 6.08 Å². The molecular weight excluding hydrogens is 210 g/mol. The summed E-state index contributed by atoms with van der Waals surface area (Å²) >= 11 is 0. The smallest absolute Gasteiger partial charge is 0.137 e. The summed E-state index contributed by atoms with van der Waals surface area (Å²) in [6.45, 7) is 2.33. The van der Waals surface area contributed by atoms with Crippen molar-refractivity contribution in [1.29, 1.82) is 0 Å². The molecule has 2 unspecified atom stereocenters. The van der Waals surface area contributed by atoms with Gasteiger partial charge in [0.2, 0.25) is 0 Å². The molecule has 0 bridgehead atoms. The lowest BCUT2D eigenvalue weighted by atomic mass is 9.99. The van der Waals surface area contributed by atoms with Gasteiger partial charge >= 0.3 is 0 Å². The van der Waals surface area contributed by atoms with Gasteiger partial charge in [-0.2, -0.15) is 0 Å². The summed E-state index contributed by atoms with van der Waals surface area (Å²) in [4.78, 5) is 4.35. The van der Waals surface area contributed by atoms with E-state index in [4.69, 9.17) is 0 Å². The number of fused-ring (bicyclic) bond motifs is 2. The maximum atomic E-state index is 4.35. The number of nitrogens with one attached hydrogen (secondary N) is 1. The summed E-state index contributed by atoms with van der Waals surface area (Å²) in [6, 6.07) is 4.40. The van der Waals surface area contributed by atoms with Crippen molar-refractivity contribution >= 4 is 11.2 Å². The van der Waals surface area contributed by atoms with Crippen molar-refractivity contribution in [3.8, 4) is 0 Å². The third kappa shape index (κ3) is 1.42. The first-order chi connectivity index (χ1) is 8.40. The molecule has 0 saturated carbocycles. The van der Waals surface area contributed by atoms with Crippen LogP contribution >= 0.6 is 0 Å². The first-order valence-electron chi connectivity index (χ1n) is 6.25. The van der Waals surface area contributed by atoms with Gasteiger partial charge in [0.25, 0.3) is 0 Å². The number of pyridine rings is 1. The molecule has 0 aromatic carbocycles. The number of allylic oxidation sites excluding steroid dienone is 1. The van der Waals surface area contributed by atoms with Crippen molar-refractivity contribution in [2.75, 3.05) is 13.1 Å². The highest BCUT2D eigenvalue weighted by atomic mass is 15.0. The van der Waals surface area contributed by atoms with Crippen LogP contribution in [0.4, 0.5) is 0 Å². The Morgan fingerprint density at radius 3 is 3.24 bits per heavy atom. The molecule has 1 N–H and O–H groups in total. The molecule has 4 rings (SSSR count). The Kier molecular flexibility index (Phi) is 1.91. The Morgan fingerprint density at radius 1 is 1.29 bits per heavy atom. The molecule has 2 aliphatic rings. The van der Waals surface area contributed by atoms with E-state index < -0.39 is 0 Å². The highest BCUT2D eigenvalue weighted by Crippen LogP contribution is 2.38. The minimum atomic E-state index is 0.751. The molecule has 3 nitrogen and oxygen atoms in total. The van der Waals surface area contributed by atoms with Crippen molar-refractivity contribution in [3.05, 3.63) is 42.4 Å². The molecule has 1 saturated heterocycles. The highest BCUT2D eigenvalue weighted by Gasteiger charge is 2.31. The van der Waals surface area contributed by atoms with Gasteiger partial charge in [-0.3, -0.25) is 0 Å². The van der Waals surface area contributed by atoms with Gasteiger partial charge < -0.3 is 9.72 Å². The first kappa shape index (κ1) is 9.42. The Balaban J connectivity index is 1.74. The van der Waals surface area contributed by atoms with Crippen LogP contribution in [0.25, 0.3) is 11.2 Å². The quantitative estimate of drug-likeness (QED) is 0.804. The van der Waals surface area contributed by atoms with Crippen LogP contribution in [-0.2, 0) is 0 Å². The van der Waals surface area contributed by atoms with E-state index in [0.717, 1.165) is 24.0 Å². The fourth-order valence-corrected chi connectivity index (χ4v) is 3.10. The summed E-state index contributed by atoms with van der Waals surface area (Å²) in [5.41, 5.74) is 3.89. The minimum absolute atomic E-state index is 0.751.